The largest absolute Gasteiger partial charge is 0.508 e. The van der Waals surface area contributed by atoms with E-state index in [9.17, 15) is 9.90 Å². The summed E-state index contributed by atoms with van der Waals surface area (Å²) in [5.41, 5.74) is 1.30. The molecule has 4 heteroatoms. The predicted octanol–water partition coefficient (Wildman–Crippen LogP) is 2.19. The minimum Gasteiger partial charge on any atom is -0.508 e. The molecule has 1 aromatic rings. The van der Waals surface area contributed by atoms with E-state index in [0.717, 1.165) is 5.56 Å². The first-order valence-corrected chi connectivity index (χ1v) is 4.05. The zero-order valence-electron chi connectivity index (χ0n) is 7.04. The van der Waals surface area contributed by atoms with E-state index in [1.807, 2.05) is 0 Å². The standard InChI is InChI=1S/C9H8ClNO2/c1-6-7(4-11-5-12)9(13)3-2-8(6)10/h2-3,13H,4H2,1H3. The smallest absolute Gasteiger partial charge is 0.235 e. The third-order valence-corrected chi connectivity index (χ3v) is 2.22. The van der Waals surface area contributed by atoms with E-state index in [1.165, 1.54) is 12.1 Å². The van der Waals surface area contributed by atoms with Gasteiger partial charge in [-0.25, -0.2) is 9.79 Å². The lowest BCUT2D eigenvalue weighted by Gasteiger charge is -2.06. The van der Waals surface area contributed by atoms with Gasteiger partial charge in [-0.1, -0.05) is 11.6 Å². The number of phenolic OH excluding ortho intramolecular Hbond substituents is 1. The number of aliphatic imine (C=N–C) groups is 1. The van der Waals surface area contributed by atoms with E-state index in [-0.39, 0.29) is 12.3 Å². The number of hydrogen-bond acceptors (Lipinski definition) is 3. The average molecular weight is 198 g/mol. The molecule has 0 aliphatic heterocycles. The van der Waals surface area contributed by atoms with Crippen LogP contribution < -0.4 is 0 Å². The molecule has 1 aromatic carbocycles. The monoisotopic (exact) mass is 197 g/mol. The van der Waals surface area contributed by atoms with Gasteiger partial charge in [-0.3, -0.25) is 0 Å². The highest BCUT2D eigenvalue weighted by atomic mass is 35.5. The molecule has 0 aromatic heterocycles. The second kappa shape index (κ2) is 4.08. The van der Waals surface area contributed by atoms with Gasteiger partial charge in [-0.05, 0) is 24.6 Å². The van der Waals surface area contributed by atoms with E-state index < -0.39 is 0 Å². The summed E-state index contributed by atoms with van der Waals surface area (Å²) < 4.78 is 0. The van der Waals surface area contributed by atoms with Crippen molar-refractivity contribution in [1.29, 1.82) is 0 Å². The predicted molar refractivity (Wildman–Crippen MR) is 49.7 cm³/mol. The lowest BCUT2D eigenvalue weighted by Crippen LogP contribution is -1.89. The summed E-state index contributed by atoms with van der Waals surface area (Å²) in [4.78, 5) is 13.3. The summed E-state index contributed by atoms with van der Waals surface area (Å²) >= 11 is 5.81. The first-order valence-electron chi connectivity index (χ1n) is 3.67. The molecule has 0 saturated heterocycles. The van der Waals surface area contributed by atoms with Gasteiger partial charge in [0, 0.05) is 10.6 Å². The molecule has 0 heterocycles. The maximum absolute atomic E-state index is 9.88. The normalized spacial score (nSPS) is 9.38. The Balaban J connectivity index is 3.16. The van der Waals surface area contributed by atoms with Crippen molar-refractivity contribution < 1.29 is 9.90 Å². The first kappa shape index (κ1) is 9.78. The fraction of sp³-hybridized carbons (Fsp3) is 0.222. The topological polar surface area (TPSA) is 49.7 Å². The third-order valence-electron chi connectivity index (χ3n) is 1.81. The van der Waals surface area contributed by atoms with E-state index in [2.05, 4.69) is 4.99 Å². The number of halogens is 1. The Morgan fingerprint density at radius 1 is 1.62 bits per heavy atom. The zero-order chi connectivity index (χ0) is 9.84. The number of hydrogen-bond donors (Lipinski definition) is 1. The van der Waals surface area contributed by atoms with Crippen LogP contribution in [0, 0.1) is 6.92 Å². The number of nitrogens with zero attached hydrogens (tertiary/aromatic N) is 1. The first-order chi connectivity index (χ1) is 6.16. The van der Waals surface area contributed by atoms with Crippen LogP contribution in [-0.2, 0) is 11.3 Å². The summed E-state index contributed by atoms with van der Waals surface area (Å²) in [7, 11) is 0. The van der Waals surface area contributed by atoms with Crippen LogP contribution in [0.5, 0.6) is 5.75 Å². The van der Waals surface area contributed by atoms with Crippen LogP contribution in [-0.4, -0.2) is 11.2 Å². The third kappa shape index (κ3) is 2.08. The Kier molecular flexibility index (Phi) is 3.07. The second-order valence-electron chi connectivity index (χ2n) is 2.58. The molecule has 0 radical (unpaired) electrons. The highest BCUT2D eigenvalue weighted by molar-refractivity contribution is 6.31. The van der Waals surface area contributed by atoms with Crippen molar-refractivity contribution >= 4 is 17.7 Å². The fourth-order valence-corrected chi connectivity index (χ4v) is 1.20. The highest BCUT2D eigenvalue weighted by Crippen LogP contribution is 2.27. The molecule has 0 unspecified atom stereocenters. The fourth-order valence-electron chi connectivity index (χ4n) is 1.02. The van der Waals surface area contributed by atoms with Crippen molar-refractivity contribution in [3.8, 4) is 5.75 Å². The molecule has 0 aliphatic carbocycles. The van der Waals surface area contributed by atoms with E-state index in [4.69, 9.17) is 11.6 Å². The summed E-state index contributed by atoms with van der Waals surface area (Å²) in [6.45, 7) is 1.87. The van der Waals surface area contributed by atoms with Gasteiger partial charge < -0.3 is 5.11 Å². The van der Waals surface area contributed by atoms with Gasteiger partial charge in [0.1, 0.15) is 5.75 Å². The number of isocyanates is 1. The molecule has 0 atom stereocenters. The van der Waals surface area contributed by atoms with Gasteiger partial charge in [0.25, 0.3) is 0 Å². The maximum atomic E-state index is 9.88. The number of aromatic hydroxyl groups is 1. The molecule has 13 heavy (non-hydrogen) atoms. The van der Waals surface area contributed by atoms with Gasteiger partial charge in [0.2, 0.25) is 6.08 Å². The molecule has 1 rings (SSSR count). The van der Waals surface area contributed by atoms with Gasteiger partial charge in [0.05, 0.1) is 6.54 Å². The molecule has 0 amide bonds. The summed E-state index contributed by atoms with van der Waals surface area (Å²) in [5.74, 6) is 0.0981. The average Bonchev–Trinajstić information content (AvgIpc) is 2.12. The van der Waals surface area contributed by atoms with Crippen molar-refractivity contribution in [2.75, 3.05) is 0 Å². The van der Waals surface area contributed by atoms with Crippen molar-refractivity contribution in [3.05, 3.63) is 28.3 Å². The Morgan fingerprint density at radius 3 is 2.92 bits per heavy atom. The van der Waals surface area contributed by atoms with Gasteiger partial charge in [0.15, 0.2) is 0 Å². The molecular weight excluding hydrogens is 190 g/mol. The lowest BCUT2D eigenvalue weighted by molar-refractivity contribution is 0.467. The molecule has 0 fully saturated rings. The van der Waals surface area contributed by atoms with Crippen LogP contribution in [0.15, 0.2) is 17.1 Å². The van der Waals surface area contributed by atoms with Crippen LogP contribution in [0.4, 0.5) is 0 Å². The minimum atomic E-state index is 0.0981. The van der Waals surface area contributed by atoms with Crippen molar-refractivity contribution in [1.82, 2.24) is 0 Å². The van der Waals surface area contributed by atoms with E-state index >= 15 is 0 Å². The molecular formula is C9H8ClNO2. The Morgan fingerprint density at radius 2 is 2.31 bits per heavy atom. The quantitative estimate of drug-likeness (QED) is 0.584. The van der Waals surface area contributed by atoms with E-state index in [0.29, 0.717) is 10.6 Å². The van der Waals surface area contributed by atoms with Crippen LogP contribution in [0.1, 0.15) is 11.1 Å². The Labute approximate surface area is 80.7 Å². The molecule has 0 saturated carbocycles. The Hall–Kier alpha value is -1.31. The van der Waals surface area contributed by atoms with Crippen molar-refractivity contribution in [2.45, 2.75) is 13.5 Å². The maximum Gasteiger partial charge on any atom is 0.235 e. The Bertz CT molecular complexity index is 370. The minimum absolute atomic E-state index is 0.0981. The summed E-state index contributed by atoms with van der Waals surface area (Å²) in [6.07, 6.45) is 1.41. The van der Waals surface area contributed by atoms with Crippen LogP contribution in [0.3, 0.4) is 0 Å². The zero-order valence-corrected chi connectivity index (χ0v) is 7.80. The number of phenols is 1. The van der Waals surface area contributed by atoms with Crippen molar-refractivity contribution in [2.24, 2.45) is 4.99 Å². The number of benzene rings is 1. The molecule has 3 nitrogen and oxygen atoms in total. The molecule has 0 aliphatic rings. The van der Waals surface area contributed by atoms with Crippen LogP contribution in [0.2, 0.25) is 5.02 Å². The number of rotatable bonds is 2. The van der Waals surface area contributed by atoms with Gasteiger partial charge in [-0.15, -0.1) is 0 Å². The molecule has 68 valence electrons. The van der Waals surface area contributed by atoms with Crippen LogP contribution >= 0.6 is 11.6 Å². The molecule has 0 bridgehead atoms. The molecule has 0 spiro atoms. The van der Waals surface area contributed by atoms with Crippen molar-refractivity contribution in [3.63, 3.8) is 0 Å². The van der Waals surface area contributed by atoms with E-state index in [1.54, 1.807) is 13.0 Å². The van der Waals surface area contributed by atoms with Crippen LogP contribution in [0.25, 0.3) is 0 Å². The summed E-state index contributed by atoms with van der Waals surface area (Å²) in [6, 6.07) is 3.07. The summed E-state index contributed by atoms with van der Waals surface area (Å²) in [5, 5.41) is 9.94. The van der Waals surface area contributed by atoms with Gasteiger partial charge >= 0.3 is 0 Å². The van der Waals surface area contributed by atoms with Gasteiger partial charge in [-0.2, -0.15) is 0 Å². The number of carbonyl (C=O) groups excluding carboxylic acids is 1. The SMILES string of the molecule is Cc1c(Cl)ccc(O)c1CN=C=O. The highest BCUT2D eigenvalue weighted by Gasteiger charge is 2.06. The lowest BCUT2D eigenvalue weighted by atomic mass is 10.1. The second-order valence-corrected chi connectivity index (χ2v) is 2.98. The molecule has 1 N–H and O–H groups in total.